The summed E-state index contributed by atoms with van der Waals surface area (Å²) in [5.41, 5.74) is 3.29. The number of amides is 1. The number of aryl methyl sites for hydroxylation is 1. The van der Waals surface area contributed by atoms with Crippen molar-refractivity contribution in [3.8, 4) is 23.3 Å². The van der Waals surface area contributed by atoms with E-state index in [0.29, 0.717) is 37.4 Å². The SMILES string of the molecule is C=CC(=O)N1CCN(c2nc(OC[C@@H]3CCCN3C)nc3c(F)c(-c4cccc5c4N(C)CCC5)ncc23)C[C@@H]1CC#N. The number of carbonyl (C=O) groups excluding carboxylic acids is 1. The van der Waals surface area contributed by atoms with Crippen molar-refractivity contribution < 1.29 is 13.9 Å². The van der Waals surface area contributed by atoms with Crippen molar-refractivity contribution in [3.63, 3.8) is 0 Å². The fourth-order valence-electron chi connectivity index (χ4n) is 6.66. The van der Waals surface area contributed by atoms with Crippen LogP contribution >= 0.6 is 0 Å². The molecule has 6 rings (SSSR count). The van der Waals surface area contributed by atoms with Crippen LogP contribution < -0.4 is 14.5 Å². The number of anilines is 2. The molecule has 2 saturated heterocycles. The monoisotopic (exact) mass is 584 g/mol. The Labute approximate surface area is 251 Å². The van der Waals surface area contributed by atoms with E-state index in [0.717, 1.165) is 50.0 Å². The summed E-state index contributed by atoms with van der Waals surface area (Å²) in [5.74, 6) is -0.255. The van der Waals surface area contributed by atoms with Gasteiger partial charge in [-0.3, -0.25) is 9.78 Å². The van der Waals surface area contributed by atoms with Crippen LogP contribution in [0.1, 0.15) is 31.2 Å². The largest absolute Gasteiger partial charge is 0.462 e. The number of piperazine rings is 1. The number of likely N-dealkylation sites (tertiary alicyclic amines) is 1. The summed E-state index contributed by atoms with van der Waals surface area (Å²) >= 11 is 0. The summed E-state index contributed by atoms with van der Waals surface area (Å²) in [6, 6.07) is 8.12. The van der Waals surface area contributed by atoms with Gasteiger partial charge in [-0.25, -0.2) is 4.39 Å². The molecule has 2 aromatic heterocycles. The van der Waals surface area contributed by atoms with E-state index in [4.69, 9.17) is 9.72 Å². The Morgan fingerprint density at radius 2 is 2.05 bits per heavy atom. The second-order valence-corrected chi connectivity index (χ2v) is 11.6. The van der Waals surface area contributed by atoms with Crippen LogP contribution in [0.5, 0.6) is 6.01 Å². The number of rotatable bonds is 7. The summed E-state index contributed by atoms with van der Waals surface area (Å²) in [5, 5.41) is 9.95. The molecule has 5 heterocycles. The molecule has 43 heavy (non-hydrogen) atoms. The summed E-state index contributed by atoms with van der Waals surface area (Å²) in [7, 11) is 4.10. The highest BCUT2D eigenvalue weighted by Crippen LogP contribution is 2.39. The highest BCUT2D eigenvalue weighted by Gasteiger charge is 2.32. The number of ether oxygens (including phenoxy) is 1. The van der Waals surface area contributed by atoms with Crippen LogP contribution in [0.15, 0.2) is 37.1 Å². The number of nitrogens with zero attached hydrogens (tertiary/aromatic N) is 8. The maximum absolute atomic E-state index is 16.6. The Morgan fingerprint density at radius 3 is 2.81 bits per heavy atom. The fourth-order valence-corrected chi connectivity index (χ4v) is 6.66. The fraction of sp³-hybridized carbons (Fsp3) is 0.469. The first-order chi connectivity index (χ1) is 20.9. The van der Waals surface area contributed by atoms with Crippen LogP contribution in [-0.2, 0) is 11.2 Å². The number of fused-ring (bicyclic) bond motifs is 2. The molecule has 0 radical (unpaired) electrons. The number of benzene rings is 1. The molecule has 0 N–H and O–H groups in total. The molecule has 2 fully saturated rings. The Morgan fingerprint density at radius 1 is 1.19 bits per heavy atom. The van der Waals surface area contributed by atoms with Crippen LogP contribution in [0.4, 0.5) is 15.9 Å². The second-order valence-electron chi connectivity index (χ2n) is 11.6. The molecular formula is C32H37FN8O2. The van der Waals surface area contributed by atoms with Gasteiger partial charge in [0.15, 0.2) is 5.82 Å². The summed E-state index contributed by atoms with van der Waals surface area (Å²) in [4.78, 5) is 34.6. The van der Waals surface area contributed by atoms with Crippen molar-refractivity contribution in [1.29, 1.82) is 5.26 Å². The third-order valence-electron chi connectivity index (χ3n) is 8.98. The average molecular weight is 585 g/mol. The van der Waals surface area contributed by atoms with Crippen LogP contribution in [0.3, 0.4) is 0 Å². The zero-order valence-electron chi connectivity index (χ0n) is 24.8. The van der Waals surface area contributed by atoms with Crippen molar-refractivity contribution in [2.75, 3.05) is 63.2 Å². The number of hydrogen-bond acceptors (Lipinski definition) is 9. The molecule has 11 heteroatoms. The summed E-state index contributed by atoms with van der Waals surface area (Å²) < 4.78 is 22.8. The molecule has 0 saturated carbocycles. The van der Waals surface area contributed by atoms with Gasteiger partial charge < -0.3 is 24.3 Å². The molecule has 3 aromatic rings. The zero-order valence-corrected chi connectivity index (χ0v) is 24.8. The van der Waals surface area contributed by atoms with Crippen LogP contribution in [0, 0.1) is 17.1 Å². The minimum atomic E-state index is -0.523. The Kier molecular flexibility index (Phi) is 8.13. The van der Waals surface area contributed by atoms with Crippen LogP contribution in [-0.4, -0.2) is 96.2 Å². The lowest BCUT2D eigenvalue weighted by Crippen LogP contribution is -2.55. The van der Waals surface area contributed by atoms with Gasteiger partial charge in [0, 0.05) is 56.7 Å². The smallest absolute Gasteiger partial charge is 0.319 e. The van der Waals surface area contributed by atoms with E-state index in [9.17, 15) is 10.1 Å². The van der Waals surface area contributed by atoms with Gasteiger partial charge in [-0.1, -0.05) is 24.8 Å². The van der Waals surface area contributed by atoms with Gasteiger partial charge in [-0.2, -0.15) is 15.2 Å². The van der Waals surface area contributed by atoms with Crippen LogP contribution in [0.25, 0.3) is 22.2 Å². The maximum atomic E-state index is 16.6. The first kappa shape index (κ1) is 28.8. The van der Waals surface area contributed by atoms with Gasteiger partial charge >= 0.3 is 6.01 Å². The topological polar surface area (TPSA) is 102 Å². The Hall–Kier alpha value is -4.30. The van der Waals surface area contributed by atoms with Crippen molar-refractivity contribution >= 4 is 28.3 Å². The number of para-hydroxylation sites is 1. The molecule has 1 aromatic carbocycles. The van der Waals surface area contributed by atoms with Gasteiger partial charge in [0.1, 0.15) is 23.6 Å². The second kappa shape index (κ2) is 12.1. The van der Waals surface area contributed by atoms with Gasteiger partial charge in [0.2, 0.25) is 5.91 Å². The van der Waals surface area contributed by atoms with Gasteiger partial charge in [0.25, 0.3) is 0 Å². The number of pyridine rings is 1. The molecular weight excluding hydrogens is 547 g/mol. The molecule has 0 bridgehead atoms. The van der Waals surface area contributed by atoms with E-state index in [1.54, 1.807) is 11.1 Å². The number of likely N-dealkylation sites (N-methyl/N-ethyl adjacent to an activating group) is 1. The quantitative estimate of drug-likeness (QED) is 0.384. The first-order valence-corrected chi connectivity index (χ1v) is 15.0. The van der Waals surface area contributed by atoms with E-state index in [1.807, 2.05) is 24.1 Å². The molecule has 3 aliphatic rings. The molecule has 0 aliphatic carbocycles. The number of carbonyl (C=O) groups is 1. The molecule has 3 aliphatic heterocycles. The van der Waals surface area contributed by atoms with Crippen molar-refractivity contribution in [2.45, 2.75) is 44.2 Å². The molecule has 10 nitrogen and oxygen atoms in total. The van der Waals surface area contributed by atoms with Gasteiger partial charge in [-0.05, 0) is 50.9 Å². The molecule has 0 unspecified atom stereocenters. The minimum Gasteiger partial charge on any atom is -0.462 e. The molecule has 1 amide bonds. The Balaban J connectivity index is 1.44. The zero-order chi connectivity index (χ0) is 30.1. The van der Waals surface area contributed by atoms with E-state index < -0.39 is 5.82 Å². The lowest BCUT2D eigenvalue weighted by molar-refractivity contribution is -0.128. The molecule has 2 atom stereocenters. The average Bonchev–Trinajstić information content (AvgIpc) is 3.44. The summed E-state index contributed by atoms with van der Waals surface area (Å²) in [6.45, 7) is 7.08. The highest BCUT2D eigenvalue weighted by molar-refractivity contribution is 5.94. The lowest BCUT2D eigenvalue weighted by atomic mass is 9.96. The summed E-state index contributed by atoms with van der Waals surface area (Å²) in [6.07, 6.45) is 7.16. The predicted molar refractivity (Wildman–Crippen MR) is 164 cm³/mol. The van der Waals surface area contributed by atoms with Crippen molar-refractivity contribution in [2.24, 2.45) is 0 Å². The van der Waals surface area contributed by atoms with Crippen molar-refractivity contribution in [1.82, 2.24) is 24.8 Å². The van der Waals surface area contributed by atoms with E-state index in [-0.39, 0.29) is 41.6 Å². The van der Waals surface area contributed by atoms with Crippen molar-refractivity contribution in [3.05, 3.63) is 48.4 Å². The number of halogens is 1. The minimum absolute atomic E-state index is 0.104. The highest BCUT2D eigenvalue weighted by atomic mass is 19.1. The predicted octanol–water partition coefficient (Wildman–Crippen LogP) is 3.80. The maximum Gasteiger partial charge on any atom is 0.319 e. The van der Waals surface area contributed by atoms with E-state index in [2.05, 4.69) is 45.5 Å². The number of hydrogen-bond donors (Lipinski definition) is 0. The first-order valence-electron chi connectivity index (χ1n) is 15.0. The number of aromatic nitrogens is 3. The molecule has 0 spiro atoms. The van der Waals surface area contributed by atoms with Gasteiger partial charge in [0.05, 0.1) is 23.9 Å². The van der Waals surface area contributed by atoms with E-state index in [1.165, 1.54) is 11.6 Å². The third kappa shape index (κ3) is 5.47. The van der Waals surface area contributed by atoms with E-state index >= 15 is 4.39 Å². The Bertz CT molecular complexity index is 1590. The van der Waals surface area contributed by atoms with Crippen LogP contribution in [0.2, 0.25) is 0 Å². The molecule has 224 valence electrons. The normalized spacial score (nSPS) is 20.7. The number of nitriles is 1. The standard InChI is InChI=1S/C32H37FN8O2/c1-4-26(42)41-17-16-40(19-22(41)12-13-34)31-25-18-35-28(24-11-5-8-21-9-6-15-39(3)30(21)24)27(33)29(25)36-32(37-31)43-20-23-10-7-14-38(23)2/h4-5,8,11,18,22-23H,1,6-7,9-10,12,14-17,19-20H2,2-3H3/t22-,23-/m0/s1. The van der Waals surface area contributed by atoms with Gasteiger partial charge in [-0.15, -0.1) is 0 Å². The third-order valence-corrected chi connectivity index (χ3v) is 8.98. The lowest BCUT2D eigenvalue weighted by Gasteiger charge is -2.41.